The van der Waals surface area contributed by atoms with E-state index < -0.39 is 4.92 Å². The Morgan fingerprint density at radius 3 is 2.80 bits per heavy atom. The van der Waals surface area contributed by atoms with Crippen molar-refractivity contribution in [3.63, 3.8) is 0 Å². The van der Waals surface area contributed by atoms with E-state index in [0.29, 0.717) is 10.7 Å². The fourth-order valence-electron chi connectivity index (χ4n) is 1.35. The van der Waals surface area contributed by atoms with Crippen LogP contribution >= 0.6 is 34.5 Å². The first-order valence-electron chi connectivity index (χ1n) is 5.32. The molecule has 0 amide bonds. The molecule has 0 fully saturated rings. The lowest BCUT2D eigenvalue weighted by Crippen LogP contribution is -1.94. The van der Waals surface area contributed by atoms with Gasteiger partial charge in [0, 0.05) is 17.0 Å². The number of benzene rings is 1. The lowest BCUT2D eigenvalue weighted by Gasteiger charge is -2.00. The summed E-state index contributed by atoms with van der Waals surface area (Å²) in [5, 5.41) is 17.5. The number of nitrogens with zero attached hydrogens (tertiary/aromatic N) is 3. The normalized spacial score (nSPS) is 10.9. The monoisotopic (exact) mass is 330 g/mol. The van der Waals surface area contributed by atoms with Crippen LogP contribution < -0.4 is 5.43 Å². The van der Waals surface area contributed by atoms with Crippen molar-refractivity contribution in [3.05, 3.63) is 48.9 Å². The van der Waals surface area contributed by atoms with Gasteiger partial charge in [-0.15, -0.1) is 11.3 Å². The predicted octanol–water partition coefficient (Wildman–Crippen LogP) is 4.11. The van der Waals surface area contributed by atoms with Gasteiger partial charge in [0.25, 0.3) is 5.69 Å². The molecule has 1 heterocycles. The third kappa shape index (κ3) is 3.44. The molecule has 6 nitrogen and oxygen atoms in total. The molecule has 0 unspecified atom stereocenters. The molecule has 1 N–H and O–H groups in total. The number of nitro benzene ring substituents is 1. The number of nitrogens with one attached hydrogen (secondary N) is 1. The second-order valence-electron chi connectivity index (χ2n) is 3.75. The molecule has 0 aliphatic heterocycles. The lowest BCUT2D eigenvalue weighted by molar-refractivity contribution is -0.384. The Bertz CT molecular complexity index is 687. The minimum absolute atomic E-state index is 0.0133. The Balaban J connectivity index is 2.20. The summed E-state index contributed by atoms with van der Waals surface area (Å²) in [6.45, 7) is 1.87. The topological polar surface area (TPSA) is 80.4 Å². The number of hydrogen-bond acceptors (Lipinski definition) is 6. The van der Waals surface area contributed by atoms with Crippen LogP contribution in [-0.2, 0) is 0 Å². The summed E-state index contributed by atoms with van der Waals surface area (Å²) in [6.07, 6.45) is 1.38. The number of aryl methyl sites for hydroxylation is 1. The highest BCUT2D eigenvalue weighted by molar-refractivity contribution is 7.13. The zero-order valence-electron chi connectivity index (χ0n) is 10.1. The van der Waals surface area contributed by atoms with Gasteiger partial charge in [-0.05, 0) is 13.0 Å². The summed E-state index contributed by atoms with van der Waals surface area (Å²) >= 11 is 13.1. The SMILES string of the molecule is Cc1csc(NN=Cc2cc([N+](=O)[O-])c(Cl)cc2Cl)n1. The molecule has 0 saturated carbocycles. The highest BCUT2D eigenvalue weighted by Crippen LogP contribution is 2.29. The third-order valence-corrected chi connectivity index (χ3v) is 3.74. The Hall–Kier alpha value is -1.70. The van der Waals surface area contributed by atoms with Crippen LogP contribution in [0.2, 0.25) is 10.0 Å². The standard InChI is InChI=1S/C11H8Cl2N4O2S/c1-6-5-20-11(15-6)16-14-4-7-2-10(17(18)19)9(13)3-8(7)12/h2-5H,1H3,(H,15,16). The van der Waals surface area contributed by atoms with Gasteiger partial charge in [-0.3, -0.25) is 15.5 Å². The molecule has 2 rings (SSSR count). The van der Waals surface area contributed by atoms with Crippen LogP contribution in [0.3, 0.4) is 0 Å². The second-order valence-corrected chi connectivity index (χ2v) is 5.42. The van der Waals surface area contributed by atoms with Gasteiger partial charge in [0.05, 0.1) is 21.9 Å². The molecule has 0 atom stereocenters. The molecule has 9 heteroatoms. The third-order valence-electron chi connectivity index (χ3n) is 2.25. The number of hydrazone groups is 1. The average molecular weight is 331 g/mol. The Morgan fingerprint density at radius 2 is 2.20 bits per heavy atom. The van der Waals surface area contributed by atoms with Crippen LogP contribution in [0.15, 0.2) is 22.6 Å². The maximum absolute atomic E-state index is 10.8. The molecular weight excluding hydrogens is 323 g/mol. The van der Waals surface area contributed by atoms with Crippen LogP contribution in [0.5, 0.6) is 0 Å². The Morgan fingerprint density at radius 1 is 1.45 bits per heavy atom. The summed E-state index contributed by atoms with van der Waals surface area (Å²) in [7, 11) is 0. The first-order valence-corrected chi connectivity index (χ1v) is 6.95. The zero-order chi connectivity index (χ0) is 14.7. The molecule has 20 heavy (non-hydrogen) atoms. The van der Waals surface area contributed by atoms with Crippen molar-refractivity contribution in [1.29, 1.82) is 0 Å². The second kappa shape index (κ2) is 6.17. The number of thiazole rings is 1. The van der Waals surface area contributed by atoms with Crippen LogP contribution in [0.1, 0.15) is 11.3 Å². The lowest BCUT2D eigenvalue weighted by atomic mass is 10.2. The van der Waals surface area contributed by atoms with E-state index in [9.17, 15) is 10.1 Å². The van der Waals surface area contributed by atoms with Crippen LogP contribution in [-0.4, -0.2) is 16.1 Å². The van der Waals surface area contributed by atoms with Gasteiger partial charge in [-0.2, -0.15) is 5.10 Å². The predicted molar refractivity (Wildman–Crippen MR) is 81.2 cm³/mol. The quantitative estimate of drug-likeness (QED) is 0.519. The number of halogens is 2. The smallest absolute Gasteiger partial charge is 0.258 e. The highest BCUT2D eigenvalue weighted by atomic mass is 35.5. The number of nitro groups is 1. The largest absolute Gasteiger partial charge is 0.288 e. The van der Waals surface area contributed by atoms with Crippen molar-refractivity contribution in [3.8, 4) is 0 Å². The van der Waals surface area contributed by atoms with Gasteiger partial charge in [0.2, 0.25) is 5.13 Å². The van der Waals surface area contributed by atoms with Crippen molar-refractivity contribution in [2.45, 2.75) is 6.92 Å². The summed E-state index contributed by atoms with van der Waals surface area (Å²) in [5.41, 5.74) is 3.77. The summed E-state index contributed by atoms with van der Waals surface area (Å²) in [6, 6.07) is 2.58. The van der Waals surface area contributed by atoms with Crippen LogP contribution in [0.4, 0.5) is 10.8 Å². The van der Waals surface area contributed by atoms with Gasteiger partial charge in [0.15, 0.2) is 0 Å². The van der Waals surface area contributed by atoms with Crippen LogP contribution in [0, 0.1) is 17.0 Å². The van der Waals surface area contributed by atoms with E-state index in [1.807, 2.05) is 12.3 Å². The fraction of sp³-hybridized carbons (Fsp3) is 0.0909. The molecule has 2 aromatic rings. The average Bonchev–Trinajstić information content (AvgIpc) is 2.77. The molecule has 104 valence electrons. The Kier molecular flexibility index (Phi) is 4.53. The maximum atomic E-state index is 10.8. The molecule has 1 aromatic heterocycles. The molecule has 0 bridgehead atoms. The Labute approximate surface area is 128 Å². The molecule has 0 aliphatic carbocycles. The zero-order valence-corrected chi connectivity index (χ0v) is 12.5. The summed E-state index contributed by atoms with van der Waals surface area (Å²) in [4.78, 5) is 14.4. The van der Waals surface area contributed by atoms with Gasteiger partial charge < -0.3 is 0 Å². The summed E-state index contributed by atoms with van der Waals surface area (Å²) < 4.78 is 0. The van der Waals surface area contributed by atoms with E-state index >= 15 is 0 Å². The number of aromatic nitrogens is 1. The van der Waals surface area contributed by atoms with Gasteiger partial charge in [0.1, 0.15) is 5.02 Å². The van der Waals surface area contributed by atoms with E-state index in [1.165, 1.54) is 29.7 Å². The minimum atomic E-state index is -0.576. The fourth-order valence-corrected chi connectivity index (χ4v) is 2.49. The van der Waals surface area contributed by atoms with Crippen molar-refractivity contribution in [2.75, 3.05) is 5.43 Å². The van der Waals surface area contributed by atoms with Crippen molar-refractivity contribution in [1.82, 2.24) is 4.98 Å². The van der Waals surface area contributed by atoms with Crippen molar-refractivity contribution >= 4 is 51.6 Å². The van der Waals surface area contributed by atoms with Gasteiger partial charge >= 0.3 is 0 Å². The van der Waals surface area contributed by atoms with Gasteiger partial charge in [-0.1, -0.05) is 23.2 Å². The molecule has 0 spiro atoms. The first-order chi connectivity index (χ1) is 9.47. The minimum Gasteiger partial charge on any atom is -0.258 e. The van der Waals surface area contributed by atoms with E-state index in [1.54, 1.807) is 0 Å². The first kappa shape index (κ1) is 14.7. The molecule has 0 radical (unpaired) electrons. The van der Waals surface area contributed by atoms with E-state index in [4.69, 9.17) is 23.2 Å². The number of hydrogen-bond donors (Lipinski definition) is 1. The van der Waals surface area contributed by atoms with E-state index in [0.717, 1.165) is 5.69 Å². The molecule has 0 saturated heterocycles. The maximum Gasteiger partial charge on any atom is 0.288 e. The highest BCUT2D eigenvalue weighted by Gasteiger charge is 2.15. The molecule has 0 aliphatic rings. The van der Waals surface area contributed by atoms with Gasteiger partial charge in [-0.25, -0.2) is 4.98 Å². The van der Waals surface area contributed by atoms with Crippen molar-refractivity contribution < 1.29 is 4.92 Å². The molecular formula is C11H8Cl2N4O2S. The number of anilines is 1. The van der Waals surface area contributed by atoms with Crippen LogP contribution in [0.25, 0.3) is 0 Å². The molecule has 1 aromatic carbocycles. The van der Waals surface area contributed by atoms with E-state index in [2.05, 4.69) is 15.5 Å². The summed E-state index contributed by atoms with van der Waals surface area (Å²) in [5.74, 6) is 0. The number of rotatable bonds is 4. The van der Waals surface area contributed by atoms with Crippen molar-refractivity contribution in [2.24, 2.45) is 5.10 Å². The van der Waals surface area contributed by atoms with E-state index in [-0.39, 0.29) is 15.7 Å².